The Morgan fingerprint density at radius 3 is 2.58 bits per heavy atom. The van der Waals surface area contributed by atoms with Gasteiger partial charge in [0.1, 0.15) is 11.6 Å². The molecule has 1 amide bonds. The van der Waals surface area contributed by atoms with Gasteiger partial charge < -0.3 is 10.1 Å². The molecule has 128 valence electrons. The smallest absolute Gasteiger partial charge is 0.387 e. The Kier molecular flexibility index (Phi) is 6.62. The molecular weight excluding hydrogens is 384 g/mol. The molecule has 0 radical (unpaired) electrons. The lowest BCUT2D eigenvalue weighted by atomic mass is 10.2. The minimum Gasteiger partial charge on any atom is -0.435 e. The second kappa shape index (κ2) is 8.70. The number of aromatic nitrogens is 1. The molecule has 0 aliphatic heterocycles. The number of nitrogens with zero attached hydrogens (tertiary/aromatic N) is 2. The Hall–Kier alpha value is -2.06. The maximum Gasteiger partial charge on any atom is 0.387 e. The summed E-state index contributed by atoms with van der Waals surface area (Å²) >= 11 is 3.27. The number of halogens is 3. The van der Waals surface area contributed by atoms with Crippen LogP contribution < -0.4 is 10.1 Å². The lowest BCUT2D eigenvalue weighted by molar-refractivity contribution is -0.117. The molecule has 0 aliphatic rings. The zero-order chi connectivity index (χ0) is 17.5. The number of carbonyl (C=O) groups is 1. The molecule has 0 bridgehead atoms. The van der Waals surface area contributed by atoms with Gasteiger partial charge in [-0.05, 0) is 52.8 Å². The summed E-state index contributed by atoms with van der Waals surface area (Å²) in [4.78, 5) is 17.8. The second-order valence-electron chi connectivity index (χ2n) is 5.10. The SMILES string of the molecule is CN(CC(=O)Nc1ccc(Br)cn1)Cc1ccc(OC(F)F)cc1. The number of nitrogens with one attached hydrogen (secondary N) is 1. The van der Waals surface area contributed by atoms with Crippen LogP contribution in [0.3, 0.4) is 0 Å². The number of anilines is 1. The summed E-state index contributed by atoms with van der Waals surface area (Å²) in [6.45, 7) is -2.17. The van der Waals surface area contributed by atoms with Gasteiger partial charge >= 0.3 is 6.61 Å². The van der Waals surface area contributed by atoms with Crippen molar-refractivity contribution in [2.45, 2.75) is 13.2 Å². The number of ether oxygens (including phenoxy) is 1. The minimum atomic E-state index is -2.84. The van der Waals surface area contributed by atoms with E-state index >= 15 is 0 Å². The highest BCUT2D eigenvalue weighted by molar-refractivity contribution is 9.10. The summed E-state index contributed by atoms with van der Waals surface area (Å²) in [5.74, 6) is 0.394. The second-order valence-corrected chi connectivity index (χ2v) is 6.02. The van der Waals surface area contributed by atoms with Crippen LogP contribution in [0.4, 0.5) is 14.6 Å². The third-order valence-electron chi connectivity index (χ3n) is 3.01. The molecule has 0 aliphatic carbocycles. The van der Waals surface area contributed by atoms with Crippen molar-refractivity contribution >= 4 is 27.7 Å². The lowest BCUT2D eigenvalue weighted by Gasteiger charge is -2.16. The van der Waals surface area contributed by atoms with Gasteiger partial charge in [0.15, 0.2) is 0 Å². The van der Waals surface area contributed by atoms with Gasteiger partial charge in [-0.15, -0.1) is 0 Å². The fourth-order valence-corrected chi connectivity index (χ4v) is 2.26. The van der Waals surface area contributed by atoms with Crippen molar-refractivity contribution in [1.82, 2.24) is 9.88 Å². The number of amides is 1. The van der Waals surface area contributed by atoms with Gasteiger partial charge in [0, 0.05) is 17.2 Å². The molecule has 1 aromatic heterocycles. The first kappa shape index (κ1) is 18.3. The van der Waals surface area contributed by atoms with E-state index < -0.39 is 6.61 Å². The highest BCUT2D eigenvalue weighted by Gasteiger charge is 2.09. The third kappa shape index (κ3) is 6.21. The van der Waals surface area contributed by atoms with Crippen molar-refractivity contribution in [2.75, 3.05) is 18.9 Å². The summed E-state index contributed by atoms with van der Waals surface area (Å²) in [6.07, 6.45) is 1.60. The summed E-state index contributed by atoms with van der Waals surface area (Å²) in [5, 5.41) is 2.70. The molecule has 0 unspecified atom stereocenters. The van der Waals surface area contributed by atoms with Crippen LogP contribution in [-0.4, -0.2) is 36.0 Å². The van der Waals surface area contributed by atoms with E-state index in [1.165, 1.54) is 12.1 Å². The number of rotatable bonds is 7. The average molecular weight is 400 g/mol. The first-order chi connectivity index (χ1) is 11.4. The predicted molar refractivity (Wildman–Crippen MR) is 90.0 cm³/mol. The van der Waals surface area contributed by atoms with E-state index in [9.17, 15) is 13.6 Å². The standard InChI is InChI=1S/C16H16BrF2N3O2/c1-22(9-11-2-5-13(6-3-11)24-16(18)19)10-15(23)21-14-7-4-12(17)8-20-14/h2-8,16H,9-10H2,1H3,(H,20,21,23). The average Bonchev–Trinajstić information content (AvgIpc) is 2.51. The van der Waals surface area contributed by atoms with Crippen molar-refractivity contribution in [3.8, 4) is 5.75 Å². The molecule has 2 rings (SSSR count). The highest BCUT2D eigenvalue weighted by Crippen LogP contribution is 2.16. The number of benzene rings is 1. The third-order valence-corrected chi connectivity index (χ3v) is 3.48. The number of hydrogen-bond donors (Lipinski definition) is 1. The molecule has 8 heteroatoms. The number of likely N-dealkylation sites (N-methyl/N-ethyl adjacent to an activating group) is 1. The molecule has 0 fully saturated rings. The van der Waals surface area contributed by atoms with Gasteiger partial charge in [-0.1, -0.05) is 12.1 Å². The zero-order valence-corrected chi connectivity index (χ0v) is 14.5. The van der Waals surface area contributed by atoms with Crippen LogP contribution >= 0.6 is 15.9 Å². The molecule has 1 aromatic carbocycles. The molecule has 0 atom stereocenters. The lowest BCUT2D eigenvalue weighted by Crippen LogP contribution is -2.30. The van der Waals surface area contributed by atoms with Gasteiger partial charge in [0.25, 0.3) is 0 Å². The Morgan fingerprint density at radius 1 is 1.29 bits per heavy atom. The number of alkyl halides is 2. The molecule has 0 spiro atoms. The van der Waals surface area contributed by atoms with E-state index in [1.54, 1.807) is 42.4 Å². The van der Waals surface area contributed by atoms with Gasteiger partial charge in [-0.3, -0.25) is 9.69 Å². The molecule has 24 heavy (non-hydrogen) atoms. The first-order valence-electron chi connectivity index (χ1n) is 7.06. The molecule has 2 aromatic rings. The Bertz CT molecular complexity index is 666. The maximum atomic E-state index is 12.1. The minimum absolute atomic E-state index is 0.107. The summed E-state index contributed by atoms with van der Waals surface area (Å²) < 4.78 is 29.3. The van der Waals surface area contributed by atoms with Crippen LogP contribution in [0, 0.1) is 0 Å². The van der Waals surface area contributed by atoms with Gasteiger partial charge in [-0.25, -0.2) is 4.98 Å². The quantitative estimate of drug-likeness (QED) is 0.773. The van der Waals surface area contributed by atoms with Crippen molar-refractivity contribution in [1.29, 1.82) is 0 Å². The normalized spacial score (nSPS) is 10.9. The van der Waals surface area contributed by atoms with Crippen LogP contribution in [0.25, 0.3) is 0 Å². The van der Waals surface area contributed by atoms with E-state index in [-0.39, 0.29) is 18.2 Å². The molecule has 1 heterocycles. The Labute approximate surface area is 146 Å². The van der Waals surface area contributed by atoms with Crippen LogP contribution in [0.5, 0.6) is 5.75 Å². The Morgan fingerprint density at radius 2 is 2.00 bits per heavy atom. The zero-order valence-electron chi connectivity index (χ0n) is 12.9. The first-order valence-corrected chi connectivity index (χ1v) is 7.85. The summed E-state index contributed by atoms with van der Waals surface area (Å²) in [6, 6.07) is 9.80. The molecule has 0 saturated carbocycles. The summed E-state index contributed by atoms with van der Waals surface area (Å²) in [7, 11) is 1.79. The number of hydrogen-bond acceptors (Lipinski definition) is 4. The summed E-state index contributed by atoms with van der Waals surface area (Å²) in [5.41, 5.74) is 0.883. The van der Waals surface area contributed by atoms with E-state index in [0.29, 0.717) is 12.4 Å². The number of carbonyl (C=O) groups excluding carboxylic acids is 1. The van der Waals surface area contributed by atoms with Crippen molar-refractivity contribution in [3.05, 3.63) is 52.6 Å². The molecule has 0 saturated heterocycles. The predicted octanol–water partition coefficient (Wildman–Crippen LogP) is 3.52. The largest absolute Gasteiger partial charge is 0.435 e. The topological polar surface area (TPSA) is 54.5 Å². The maximum absolute atomic E-state index is 12.1. The fourth-order valence-electron chi connectivity index (χ4n) is 2.02. The van der Waals surface area contributed by atoms with Crippen molar-refractivity contribution in [2.24, 2.45) is 0 Å². The number of pyridine rings is 1. The van der Waals surface area contributed by atoms with E-state index in [0.717, 1.165) is 10.0 Å². The molecular formula is C16H16BrF2N3O2. The van der Waals surface area contributed by atoms with E-state index in [4.69, 9.17) is 0 Å². The fraction of sp³-hybridized carbons (Fsp3) is 0.250. The van der Waals surface area contributed by atoms with E-state index in [2.05, 4.69) is 31.0 Å². The van der Waals surface area contributed by atoms with Crippen LogP contribution in [-0.2, 0) is 11.3 Å². The van der Waals surface area contributed by atoms with Crippen LogP contribution in [0.1, 0.15) is 5.56 Å². The van der Waals surface area contributed by atoms with E-state index in [1.807, 2.05) is 0 Å². The molecule has 5 nitrogen and oxygen atoms in total. The monoisotopic (exact) mass is 399 g/mol. The van der Waals surface area contributed by atoms with Crippen molar-refractivity contribution < 1.29 is 18.3 Å². The van der Waals surface area contributed by atoms with Crippen LogP contribution in [0.2, 0.25) is 0 Å². The Balaban J connectivity index is 1.82. The highest BCUT2D eigenvalue weighted by atomic mass is 79.9. The van der Waals surface area contributed by atoms with Gasteiger partial charge in [0.05, 0.1) is 6.54 Å². The van der Waals surface area contributed by atoms with Crippen LogP contribution in [0.15, 0.2) is 47.1 Å². The van der Waals surface area contributed by atoms with Crippen molar-refractivity contribution in [3.63, 3.8) is 0 Å². The molecule has 1 N–H and O–H groups in total. The van der Waals surface area contributed by atoms with Gasteiger partial charge in [0.2, 0.25) is 5.91 Å². The van der Waals surface area contributed by atoms with Gasteiger partial charge in [-0.2, -0.15) is 8.78 Å².